The van der Waals surface area contributed by atoms with Crippen molar-refractivity contribution in [2.24, 2.45) is 5.73 Å². The smallest absolute Gasteiger partial charge is 0.314 e. The van der Waals surface area contributed by atoms with Gasteiger partial charge in [0, 0.05) is 6.54 Å². The SMILES string of the molecule is CCOC(=O)C(CN)c1cccc(F)c1. The Kier molecular flexibility index (Phi) is 4.24. The second kappa shape index (κ2) is 5.46. The van der Waals surface area contributed by atoms with Gasteiger partial charge in [0.15, 0.2) is 0 Å². The van der Waals surface area contributed by atoms with Crippen molar-refractivity contribution in [2.75, 3.05) is 13.2 Å². The number of benzene rings is 1. The van der Waals surface area contributed by atoms with Crippen LogP contribution in [0, 0.1) is 5.82 Å². The average Bonchev–Trinajstić information content (AvgIpc) is 2.19. The van der Waals surface area contributed by atoms with E-state index in [2.05, 4.69) is 0 Å². The van der Waals surface area contributed by atoms with Crippen molar-refractivity contribution in [1.29, 1.82) is 0 Å². The summed E-state index contributed by atoms with van der Waals surface area (Å²) in [4.78, 5) is 11.5. The maximum atomic E-state index is 12.9. The van der Waals surface area contributed by atoms with Crippen LogP contribution in [-0.4, -0.2) is 19.1 Å². The van der Waals surface area contributed by atoms with Crippen molar-refractivity contribution >= 4 is 5.97 Å². The van der Waals surface area contributed by atoms with E-state index in [4.69, 9.17) is 10.5 Å². The summed E-state index contributed by atoms with van der Waals surface area (Å²) in [6.45, 7) is 2.13. The number of hydrogen-bond donors (Lipinski definition) is 1. The van der Waals surface area contributed by atoms with Crippen LogP contribution in [0.5, 0.6) is 0 Å². The minimum Gasteiger partial charge on any atom is -0.465 e. The molecule has 0 fully saturated rings. The molecule has 0 radical (unpaired) electrons. The predicted molar refractivity (Wildman–Crippen MR) is 54.8 cm³/mol. The van der Waals surface area contributed by atoms with E-state index in [0.29, 0.717) is 12.2 Å². The van der Waals surface area contributed by atoms with Crippen molar-refractivity contribution in [2.45, 2.75) is 12.8 Å². The van der Waals surface area contributed by atoms with Gasteiger partial charge < -0.3 is 10.5 Å². The molecule has 0 spiro atoms. The van der Waals surface area contributed by atoms with Crippen LogP contribution in [0.4, 0.5) is 4.39 Å². The molecule has 1 atom stereocenters. The van der Waals surface area contributed by atoms with Gasteiger partial charge in [-0.3, -0.25) is 4.79 Å². The summed E-state index contributed by atoms with van der Waals surface area (Å²) in [5.74, 6) is -1.37. The second-order valence-electron chi connectivity index (χ2n) is 3.10. The molecule has 0 aliphatic heterocycles. The molecule has 0 aliphatic carbocycles. The zero-order valence-corrected chi connectivity index (χ0v) is 8.57. The summed E-state index contributed by atoms with van der Waals surface area (Å²) in [5.41, 5.74) is 6.01. The highest BCUT2D eigenvalue weighted by Crippen LogP contribution is 2.17. The lowest BCUT2D eigenvalue weighted by atomic mass is 9.99. The highest BCUT2D eigenvalue weighted by molar-refractivity contribution is 5.78. The van der Waals surface area contributed by atoms with Crippen LogP contribution in [0.2, 0.25) is 0 Å². The van der Waals surface area contributed by atoms with E-state index in [-0.39, 0.29) is 12.4 Å². The monoisotopic (exact) mass is 211 g/mol. The molecule has 0 saturated heterocycles. The lowest BCUT2D eigenvalue weighted by molar-refractivity contribution is -0.144. The van der Waals surface area contributed by atoms with Crippen molar-refractivity contribution in [3.63, 3.8) is 0 Å². The molecule has 1 rings (SSSR count). The first-order valence-corrected chi connectivity index (χ1v) is 4.81. The van der Waals surface area contributed by atoms with E-state index in [1.807, 2.05) is 0 Å². The lowest BCUT2D eigenvalue weighted by Crippen LogP contribution is -2.23. The van der Waals surface area contributed by atoms with Crippen LogP contribution in [0.3, 0.4) is 0 Å². The number of carbonyl (C=O) groups excluding carboxylic acids is 1. The van der Waals surface area contributed by atoms with Crippen LogP contribution >= 0.6 is 0 Å². The Balaban J connectivity index is 2.87. The first-order chi connectivity index (χ1) is 7.19. The molecule has 2 N–H and O–H groups in total. The number of nitrogens with two attached hydrogens (primary N) is 1. The van der Waals surface area contributed by atoms with Crippen LogP contribution in [0.1, 0.15) is 18.4 Å². The van der Waals surface area contributed by atoms with Crippen LogP contribution in [0.15, 0.2) is 24.3 Å². The molecule has 0 amide bonds. The first kappa shape index (κ1) is 11.7. The third-order valence-corrected chi connectivity index (χ3v) is 2.06. The van der Waals surface area contributed by atoms with E-state index in [1.165, 1.54) is 12.1 Å². The maximum absolute atomic E-state index is 12.9. The largest absolute Gasteiger partial charge is 0.465 e. The minimum atomic E-state index is -0.583. The molecule has 4 heteroatoms. The molecule has 0 aromatic heterocycles. The van der Waals surface area contributed by atoms with Gasteiger partial charge in [0.2, 0.25) is 0 Å². The predicted octanol–water partition coefficient (Wildman–Crippen LogP) is 1.43. The number of esters is 1. The summed E-state index contributed by atoms with van der Waals surface area (Å²) in [6, 6.07) is 5.83. The summed E-state index contributed by atoms with van der Waals surface area (Å²) >= 11 is 0. The number of ether oxygens (including phenoxy) is 1. The van der Waals surface area contributed by atoms with Gasteiger partial charge in [-0.25, -0.2) is 4.39 Å². The van der Waals surface area contributed by atoms with E-state index in [9.17, 15) is 9.18 Å². The Labute approximate surface area is 88.0 Å². The molecule has 0 aliphatic rings. The standard InChI is InChI=1S/C11H14FNO2/c1-2-15-11(14)10(7-13)8-4-3-5-9(12)6-8/h3-6,10H,2,7,13H2,1H3. The van der Waals surface area contributed by atoms with E-state index in [1.54, 1.807) is 19.1 Å². The summed E-state index contributed by atoms with van der Waals surface area (Å²) < 4.78 is 17.8. The molecule has 0 heterocycles. The fourth-order valence-electron chi connectivity index (χ4n) is 1.33. The molecule has 0 bridgehead atoms. The molecular formula is C11H14FNO2. The van der Waals surface area contributed by atoms with Crippen LogP contribution in [0.25, 0.3) is 0 Å². The Bertz CT molecular complexity index is 341. The van der Waals surface area contributed by atoms with Crippen LogP contribution < -0.4 is 5.73 Å². The summed E-state index contributed by atoms with van der Waals surface area (Å²) in [5, 5.41) is 0. The van der Waals surface area contributed by atoms with Gasteiger partial charge in [0.05, 0.1) is 12.5 Å². The molecule has 1 unspecified atom stereocenters. The van der Waals surface area contributed by atoms with Gasteiger partial charge >= 0.3 is 5.97 Å². The molecule has 1 aromatic rings. The van der Waals surface area contributed by atoms with Gasteiger partial charge in [0.25, 0.3) is 0 Å². The Morgan fingerprint density at radius 3 is 2.87 bits per heavy atom. The number of halogens is 1. The summed E-state index contributed by atoms with van der Waals surface area (Å²) in [7, 11) is 0. The fraction of sp³-hybridized carbons (Fsp3) is 0.364. The molecule has 0 saturated carbocycles. The van der Waals surface area contributed by atoms with E-state index < -0.39 is 11.9 Å². The highest BCUT2D eigenvalue weighted by atomic mass is 19.1. The Hall–Kier alpha value is -1.42. The first-order valence-electron chi connectivity index (χ1n) is 4.81. The van der Waals surface area contributed by atoms with Crippen molar-refractivity contribution in [3.05, 3.63) is 35.6 Å². The average molecular weight is 211 g/mol. The van der Waals surface area contributed by atoms with E-state index >= 15 is 0 Å². The van der Waals surface area contributed by atoms with Crippen molar-refractivity contribution in [1.82, 2.24) is 0 Å². The molecule has 82 valence electrons. The highest BCUT2D eigenvalue weighted by Gasteiger charge is 2.20. The van der Waals surface area contributed by atoms with Gasteiger partial charge in [-0.15, -0.1) is 0 Å². The topological polar surface area (TPSA) is 52.3 Å². The third kappa shape index (κ3) is 3.02. The van der Waals surface area contributed by atoms with Gasteiger partial charge in [0.1, 0.15) is 5.82 Å². The lowest BCUT2D eigenvalue weighted by Gasteiger charge is -2.13. The third-order valence-electron chi connectivity index (χ3n) is 2.06. The van der Waals surface area contributed by atoms with Gasteiger partial charge in [-0.2, -0.15) is 0 Å². The Morgan fingerprint density at radius 1 is 1.60 bits per heavy atom. The fourth-order valence-corrected chi connectivity index (χ4v) is 1.33. The molecule has 15 heavy (non-hydrogen) atoms. The van der Waals surface area contributed by atoms with Crippen molar-refractivity contribution < 1.29 is 13.9 Å². The number of hydrogen-bond acceptors (Lipinski definition) is 3. The second-order valence-corrected chi connectivity index (χ2v) is 3.10. The van der Waals surface area contributed by atoms with Gasteiger partial charge in [-0.05, 0) is 24.6 Å². The quantitative estimate of drug-likeness (QED) is 0.766. The normalized spacial score (nSPS) is 12.2. The molecule has 3 nitrogen and oxygen atoms in total. The molecule has 1 aromatic carbocycles. The van der Waals surface area contributed by atoms with Crippen molar-refractivity contribution in [3.8, 4) is 0 Å². The number of rotatable bonds is 4. The Morgan fingerprint density at radius 2 is 2.33 bits per heavy atom. The maximum Gasteiger partial charge on any atom is 0.314 e. The zero-order chi connectivity index (χ0) is 11.3. The minimum absolute atomic E-state index is 0.113. The summed E-state index contributed by atoms with van der Waals surface area (Å²) in [6.07, 6.45) is 0. The number of carbonyl (C=O) groups is 1. The van der Waals surface area contributed by atoms with Crippen LogP contribution in [-0.2, 0) is 9.53 Å². The molecular weight excluding hydrogens is 197 g/mol. The van der Waals surface area contributed by atoms with E-state index in [0.717, 1.165) is 0 Å². The zero-order valence-electron chi connectivity index (χ0n) is 8.57. The van der Waals surface area contributed by atoms with Gasteiger partial charge in [-0.1, -0.05) is 12.1 Å².